The fraction of sp³-hybridized carbons (Fsp3) is 0.278. The molecule has 1 N–H and O–H groups in total. The number of fused-ring (bicyclic) bond motifs is 1. The van der Waals surface area contributed by atoms with E-state index < -0.39 is 0 Å². The largest absolute Gasteiger partial charge is 0.493 e. The number of hydrogen-bond acceptors (Lipinski definition) is 4. The Morgan fingerprint density at radius 3 is 2.68 bits per heavy atom. The van der Waals surface area contributed by atoms with Crippen LogP contribution < -0.4 is 10.1 Å². The zero-order valence-electron chi connectivity index (χ0n) is 12.9. The Morgan fingerprint density at radius 2 is 1.95 bits per heavy atom. The minimum absolute atomic E-state index is 0.628. The van der Waals surface area contributed by atoms with Crippen LogP contribution in [0.5, 0.6) is 5.75 Å². The van der Waals surface area contributed by atoms with E-state index in [0.29, 0.717) is 5.89 Å². The first-order chi connectivity index (χ1) is 10.8. The van der Waals surface area contributed by atoms with Gasteiger partial charge in [-0.15, -0.1) is 0 Å². The van der Waals surface area contributed by atoms with Crippen LogP contribution in [-0.4, -0.2) is 18.6 Å². The fourth-order valence-corrected chi connectivity index (χ4v) is 2.23. The topological polar surface area (TPSA) is 47.3 Å². The molecule has 0 unspecified atom stereocenters. The summed E-state index contributed by atoms with van der Waals surface area (Å²) in [6, 6.07) is 13.8. The summed E-state index contributed by atoms with van der Waals surface area (Å²) < 4.78 is 11.6. The van der Waals surface area contributed by atoms with Crippen LogP contribution in [0.15, 0.2) is 46.9 Å². The maximum atomic E-state index is 5.86. The smallest absolute Gasteiger partial charge is 0.227 e. The number of ether oxygens (including phenoxy) is 1. The lowest BCUT2D eigenvalue weighted by Crippen LogP contribution is -1.95. The van der Waals surface area contributed by atoms with Gasteiger partial charge in [0.2, 0.25) is 5.89 Å². The van der Waals surface area contributed by atoms with Crippen molar-refractivity contribution in [1.29, 1.82) is 0 Å². The summed E-state index contributed by atoms with van der Waals surface area (Å²) in [5.41, 5.74) is 3.62. The molecule has 0 amide bonds. The zero-order chi connectivity index (χ0) is 15.4. The predicted molar refractivity (Wildman–Crippen MR) is 89.4 cm³/mol. The van der Waals surface area contributed by atoms with Crippen LogP contribution in [0.2, 0.25) is 0 Å². The number of aromatic nitrogens is 1. The van der Waals surface area contributed by atoms with E-state index in [4.69, 9.17) is 9.15 Å². The summed E-state index contributed by atoms with van der Waals surface area (Å²) >= 11 is 0. The molecule has 0 aliphatic heterocycles. The second kappa shape index (κ2) is 6.52. The summed E-state index contributed by atoms with van der Waals surface area (Å²) in [6.07, 6.45) is 2.18. The average molecular weight is 296 g/mol. The van der Waals surface area contributed by atoms with E-state index in [-0.39, 0.29) is 0 Å². The summed E-state index contributed by atoms with van der Waals surface area (Å²) in [7, 11) is 1.90. The summed E-state index contributed by atoms with van der Waals surface area (Å²) in [5, 5.41) is 3.10. The van der Waals surface area contributed by atoms with Crippen molar-refractivity contribution in [3.8, 4) is 17.2 Å². The second-order valence-corrected chi connectivity index (χ2v) is 5.18. The number of benzene rings is 2. The van der Waals surface area contributed by atoms with Gasteiger partial charge in [0.15, 0.2) is 5.58 Å². The van der Waals surface area contributed by atoms with Gasteiger partial charge in [0.05, 0.1) is 6.61 Å². The van der Waals surface area contributed by atoms with Gasteiger partial charge in [-0.05, 0) is 42.8 Å². The Hall–Kier alpha value is -2.49. The molecule has 3 aromatic rings. The lowest BCUT2D eigenvalue weighted by Gasteiger charge is -2.03. The molecule has 114 valence electrons. The lowest BCUT2D eigenvalue weighted by molar-refractivity contribution is 0.309. The molecule has 1 heterocycles. The van der Waals surface area contributed by atoms with Crippen molar-refractivity contribution >= 4 is 16.8 Å². The van der Waals surface area contributed by atoms with Crippen molar-refractivity contribution < 1.29 is 9.15 Å². The van der Waals surface area contributed by atoms with E-state index in [0.717, 1.165) is 47.5 Å². The van der Waals surface area contributed by atoms with Gasteiger partial charge in [-0.3, -0.25) is 0 Å². The molecule has 22 heavy (non-hydrogen) atoms. The molecule has 0 saturated heterocycles. The Balaban J connectivity index is 1.85. The third kappa shape index (κ3) is 3.06. The normalized spacial score (nSPS) is 10.8. The van der Waals surface area contributed by atoms with Gasteiger partial charge in [-0.1, -0.05) is 13.3 Å². The number of hydrogen-bond donors (Lipinski definition) is 1. The Kier molecular flexibility index (Phi) is 4.28. The Morgan fingerprint density at radius 1 is 1.14 bits per heavy atom. The summed E-state index contributed by atoms with van der Waals surface area (Å²) in [5.74, 6) is 1.46. The lowest BCUT2D eigenvalue weighted by atomic mass is 10.2. The minimum Gasteiger partial charge on any atom is -0.493 e. The number of nitrogens with one attached hydrogen (secondary N) is 1. The van der Waals surface area contributed by atoms with Crippen LogP contribution in [0.4, 0.5) is 5.69 Å². The fourth-order valence-electron chi connectivity index (χ4n) is 2.23. The first-order valence-electron chi connectivity index (χ1n) is 7.61. The number of unbranched alkanes of at least 4 members (excludes halogenated alkanes) is 1. The van der Waals surface area contributed by atoms with Crippen molar-refractivity contribution in [3.05, 3.63) is 42.5 Å². The molecule has 1 aromatic heterocycles. The molecule has 0 aliphatic rings. The molecule has 0 fully saturated rings. The van der Waals surface area contributed by atoms with Crippen LogP contribution in [0.1, 0.15) is 19.8 Å². The Bertz CT molecular complexity index is 747. The van der Waals surface area contributed by atoms with Gasteiger partial charge < -0.3 is 14.5 Å². The first kappa shape index (κ1) is 14.4. The van der Waals surface area contributed by atoms with Gasteiger partial charge >= 0.3 is 0 Å². The minimum atomic E-state index is 0.628. The van der Waals surface area contributed by atoms with Crippen LogP contribution in [0, 0.1) is 0 Å². The standard InChI is InChI=1S/C18H20N2O2/c1-3-4-11-21-15-9-10-16-17(12-15)22-18(20-16)13-5-7-14(19-2)8-6-13/h5-10,12,19H,3-4,11H2,1-2H3. The van der Waals surface area contributed by atoms with E-state index in [1.807, 2.05) is 49.5 Å². The molecule has 0 spiro atoms. The van der Waals surface area contributed by atoms with Crippen molar-refractivity contribution in [2.24, 2.45) is 0 Å². The highest BCUT2D eigenvalue weighted by molar-refractivity contribution is 5.77. The molecule has 2 aromatic carbocycles. The highest BCUT2D eigenvalue weighted by Crippen LogP contribution is 2.27. The molecular weight excluding hydrogens is 276 g/mol. The molecule has 4 nitrogen and oxygen atoms in total. The molecular formula is C18H20N2O2. The van der Waals surface area contributed by atoms with E-state index in [9.17, 15) is 0 Å². The molecule has 3 rings (SSSR count). The summed E-state index contributed by atoms with van der Waals surface area (Å²) in [4.78, 5) is 4.53. The predicted octanol–water partition coefficient (Wildman–Crippen LogP) is 4.72. The van der Waals surface area contributed by atoms with Crippen LogP contribution in [0.25, 0.3) is 22.6 Å². The highest BCUT2D eigenvalue weighted by Gasteiger charge is 2.09. The van der Waals surface area contributed by atoms with E-state index in [2.05, 4.69) is 17.2 Å². The molecule has 0 aliphatic carbocycles. The quantitative estimate of drug-likeness (QED) is 0.669. The molecule has 0 saturated carbocycles. The van der Waals surface area contributed by atoms with Crippen molar-refractivity contribution in [2.45, 2.75) is 19.8 Å². The third-order valence-electron chi connectivity index (χ3n) is 3.55. The molecule has 0 radical (unpaired) electrons. The van der Waals surface area contributed by atoms with Crippen molar-refractivity contribution in [2.75, 3.05) is 19.0 Å². The average Bonchev–Trinajstić information content (AvgIpc) is 2.98. The van der Waals surface area contributed by atoms with Gasteiger partial charge in [-0.2, -0.15) is 0 Å². The molecule has 0 bridgehead atoms. The molecule has 0 atom stereocenters. The number of oxazole rings is 1. The SMILES string of the molecule is CCCCOc1ccc2nc(-c3ccc(NC)cc3)oc2c1. The number of rotatable bonds is 6. The van der Waals surface area contributed by atoms with Crippen LogP contribution >= 0.6 is 0 Å². The molecule has 4 heteroatoms. The van der Waals surface area contributed by atoms with Gasteiger partial charge in [0, 0.05) is 24.4 Å². The number of nitrogens with zero attached hydrogens (tertiary/aromatic N) is 1. The van der Waals surface area contributed by atoms with E-state index in [1.54, 1.807) is 0 Å². The second-order valence-electron chi connectivity index (χ2n) is 5.18. The zero-order valence-corrected chi connectivity index (χ0v) is 12.9. The monoisotopic (exact) mass is 296 g/mol. The highest BCUT2D eigenvalue weighted by atomic mass is 16.5. The van der Waals surface area contributed by atoms with Crippen LogP contribution in [0.3, 0.4) is 0 Å². The maximum absolute atomic E-state index is 5.86. The Labute approximate surface area is 130 Å². The number of anilines is 1. The van der Waals surface area contributed by atoms with Crippen molar-refractivity contribution in [1.82, 2.24) is 4.98 Å². The van der Waals surface area contributed by atoms with E-state index in [1.165, 1.54) is 0 Å². The summed E-state index contributed by atoms with van der Waals surface area (Å²) in [6.45, 7) is 2.88. The third-order valence-corrected chi connectivity index (χ3v) is 3.55. The van der Waals surface area contributed by atoms with Gasteiger partial charge in [-0.25, -0.2) is 4.98 Å². The van der Waals surface area contributed by atoms with Crippen LogP contribution in [-0.2, 0) is 0 Å². The first-order valence-corrected chi connectivity index (χ1v) is 7.61. The van der Waals surface area contributed by atoms with Gasteiger partial charge in [0.1, 0.15) is 11.3 Å². The van der Waals surface area contributed by atoms with E-state index >= 15 is 0 Å². The van der Waals surface area contributed by atoms with Crippen molar-refractivity contribution in [3.63, 3.8) is 0 Å². The maximum Gasteiger partial charge on any atom is 0.227 e. The van der Waals surface area contributed by atoms with Gasteiger partial charge in [0.25, 0.3) is 0 Å².